The van der Waals surface area contributed by atoms with Gasteiger partial charge in [0.25, 0.3) is 0 Å². The third-order valence-corrected chi connectivity index (χ3v) is 3.57. The molecule has 0 atom stereocenters. The molecular formula is C14H22ClNO2. The van der Waals surface area contributed by atoms with Gasteiger partial charge in [0, 0.05) is 6.54 Å². The predicted octanol–water partition coefficient (Wildman–Crippen LogP) is 2.26. The fourth-order valence-electron chi connectivity index (χ4n) is 2.29. The van der Waals surface area contributed by atoms with Crippen molar-refractivity contribution in [2.75, 3.05) is 6.54 Å². The smallest absolute Gasteiger partial charge is 0.0771 e. The van der Waals surface area contributed by atoms with Crippen LogP contribution < -0.4 is 5.73 Å². The van der Waals surface area contributed by atoms with Crippen molar-refractivity contribution in [3.05, 3.63) is 35.9 Å². The monoisotopic (exact) mass is 271 g/mol. The third kappa shape index (κ3) is 4.25. The van der Waals surface area contributed by atoms with Gasteiger partial charge in [-0.3, -0.25) is 0 Å². The molecular weight excluding hydrogens is 250 g/mol. The molecule has 4 heteroatoms. The number of aliphatic hydroxyl groups is 1. The van der Waals surface area contributed by atoms with Gasteiger partial charge in [0.15, 0.2) is 0 Å². The molecule has 0 amide bonds. The Labute approximate surface area is 115 Å². The molecule has 0 saturated heterocycles. The highest BCUT2D eigenvalue weighted by atomic mass is 35.5. The summed E-state index contributed by atoms with van der Waals surface area (Å²) in [5.41, 5.74) is 6.11. The molecule has 0 spiro atoms. The molecule has 0 unspecified atom stereocenters. The fraction of sp³-hybridized carbons (Fsp3) is 0.571. The Morgan fingerprint density at radius 1 is 1.22 bits per heavy atom. The van der Waals surface area contributed by atoms with Crippen molar-refractivity contribution in [3.8, 4) is 0 Å². The highest BCUT2D eigenvalue weighted by Gasteiger charge is 2.32. The molecule has 1 aliphatic carbocycles. The molecule has 0 aliphatic heterocycles. The first kappa shape index (κ1) is 15.4. The first-order valence-electron chi connectivity index (χ1n) is 6.30. The van der Waals surface area contributed by atoms with E-state index in [0.29, 0.717) is 13.2 Å². The Kier molecular flexibility index (Phi) is 6.09. The maximum atomic E-state index is 10.0. The van der Waals surface area contributed by atoms with Crippen molar-refractivity contribution >= 4 is 12.4 Å². The van der Waals surface area contributed by atoms with Gasteiger partial charge in [-0.1, -0.05) is 30.3 Å². The summed E-state index contributed by atoms with van der Waals surface area (Å²) >= 11 is 0. The van der Waals surface area contributed by atoms with Gasteiger partial charge in [-0.05, 0) is 31.2 Å². The molecule has 2 rings (SSSR count). The van der Waals surface area contributed by atoms with E-state index in [1.54, 1.807) is 0 Å². The molecule has 0 bridgehead atoms. The van der Waals surface area contributed by atoms with Crippen molar-refractivity contribution in [3.63, 3.8) is 0 Å². The second kappa shape index (κ2) is 7.10. The largest absolute Gasteiger partial charge is 0.389 e. The zero-order chi connectivity index (χ0) is 12.1. The molecule has 18 heavy (non-hydrogen) atoms. The zero-order valence-electron chi connectivity index (χ0n) is 10.5. The van der Waals surface area contributed by atoms with Crippen LogP contribution >= 0.6 is 12.4 Å². The Morgan fingerprint density at radius 2 is 1.83 bits per heavy atom. The number of hydrogen-bond acceptors (Lipinski definition) is 3. The van der Waals surface area contributed by atoms with Gasteiger partial charge in [-0.2, -0.15) is 0 Å². The highest BCUT2D eigenvalue weighted by Crippen LogP contribution is 2.29. The summed E-state index contributed by atoms with van der Waals surface area (Å²) in [5, 5.41) is 10.0. The van der Waals surface area contributed by atoms with Gasteiger partial charge in [-0.25, -0.2) is 0 Å². The number of ether oxygens (including phenoxy) is 1. The quantitative estimate of drug-likeness (QED) is 0.883. The van der Waals surface area contributed by atoms with E-state index in [2.05, 4.69) is 12.1 Å². The number of hydrogen-bond donors (Lipinski definition) is 2. The van der Waals surface area contributed by atoms with Crippen LogP contribution in [-0.4, -0.2) is 23.4 Å². The van der Waals surface area contributed by atoms with E-state index in [1.807, 2.05) is 18.2 Å². The minimum Gasteiger partial charge on any atom is -0.389 e. The maximum absolute atomic E-state index is 10.0. The Morgan fingerprint density at radius 3 is 2.39 bits per heavy atom. The lowest BCUT2D eigenvalue weighted by molar-refractivity contribution is -0.0554. The minimum atomic E-state index is -0.646. The van der Waals surface area contributed by atoms with E-state index in [0.717, 1.165) is 25.7 Å². The Balaban J connectivity index is 0.00000162. The lowest BCUT2D eigenvalue weighted by atomic mass is 9.83. The summed E-state index contributed by atoms with van der Waals surface area (Å²) in [6.45, 7) is 1.02. The van der Waals surface area contributed by atoms with Crippen molar-refractivity contribution in [1.29, 1.82) is 0 Å². The average molecular weight is 272 g/mol. The summed E-state index contributed by atoms with van der Waals surface area (Å²) in [6.07, 6.45) is 3.58. The van der Waals surface area contributed by atoms with E-state index in [4.69, 9.17) is 10.5 Å². The molecule has 0 radical (unpaired) electrons. The first-order valence-corrected chi connectivity index (χ1v) is 6.30. The summed E-state index contributed by atoms with van der Waals surface area (Å²) in [4.78, 5) is 0. The van der Waals surface area contributed by atoms with Crippen LogP contribution in [0.3, 0.4) is 0 Å². The van der Waals surface area contributed by atoms with E-state index in [9.17, 15) is 5.11 Å². The summed E-state index contributed by atoms with van der Waals surface area (Å²) in [6, 6.07) is 10.2. The molecule has 102 valence electrons. The lowest BCUT2D eigenvalue weighted by Gasteiger charge is -2.34. The standard InChI is InChI=1S/C14H21NO2.ClH/c15-11-14(16)8-6-13(7-9-14)17-10-12-4-2-1-3-5-12;/h1-5,13,16H,6-11,15H2;1H. The van der Waals surface area contributed by atoms with Crippen molar-refractivity contribution in [1.82, 2.24) is 0 Å². The van der Waals surface area contributed by atoms with Crippen LogP contribution in [0.5, 0.6) is 0 Å². The number of rotatable bonds is 4. The summed E-state index contributed by atoms with van der Waals surface area (Å²) in [5.74, 6) is 0. The maximum Gasteiger partial charge on any atom is 0.0771 e. The van der Waals surface area contributed by atoms with Crippen LogP contribution in [-0.2, 0) is 11.3 Å². The highest BCUT2D eigenvalue weighted by molar-refractivity contribution is 5.85. The zero-order valence-corrected chi connectivity index (χ0v) is 11.4. The topological polar surface area (TPSA) is 55.5 Å². The molecule has 1 saturated carbocycles. The second-order valence-corrected chi connectivity index (χ2v) is 4.92. The number of benzene rings is 1. The lowest BCUT2D eigenvalue weighted by Crippen LogP contribution is -2.42. The molecule has 1 aromatic carbocycles. The molecule has 0 heterocycles. The van der Waals surface area contributed by atoms with Gasteiger partial charge < -0.3 is 15.6 Å². The molecule has 3 nitrogen and oxygen atoms in total. The van der Waals surface area contributed by atoms with Gasteiger partial charge in [0.2, 0.25) is 0 Å². The van der Waals surface area contributed by atoms with Crippen molar-refractivity contribution < 1.29 is 9.84 Å². The van der Waals surface area contributed by atoms with Crippen LogP contribution in [0, 0.1) is 0 Å². The van der Waals surface area contributed by atoms with Crippen molar-refractivity contribution in [2.24, 2.45) is 5.73 Å². The van der Waals surface area contributed by atoms with E-state index >= 15 is 0 Å². The molecule has 0 aromatic heterocycles. The SMILES string of the molecule is Cl.NCC1(O)CCC(OCc2ccccc2)CC1. The normalized spacial score (nSPS) is 27.6. The Hall–Kier alpha value is -0.610. The predicted molar refractivity (Wildman–Crippen MR) is 74.7 cm³/mol. The second-order valence-electron chi connectivity index (χ2n) is 4.92. The molecule has 1 aliphatic rings. The van der Waals surface area contributed by atoms with Crippen LogP contribution in [0.1, 0.15) is 31.2 Å². The van der Waals surface area contributed by atoms with Gasteiger partial charge in [-0.15, -0.1) is 12.4 Å². The van der Waals surface area contributed by atoms with Crippen LogP contribution in [0.2, 0.25) is 0 Å². The summed E-state index contributed by atoms with van der Waals surface area (Å²) < 4.78 is 5.85. The van der Waals surface area contributed by atoms with Crippen molar-refractivity contribution in [2.45, 2.75) is 44.0 Å². The molecule has 3 N–H and O–H groups in total. The molecule has 1 aromatic rings. The molecule has 1 fully saturated rings. The average Bonchev–Trinajstić information content (AvgIpc) is 2.39. The Bertz CT molecular complexity index is 337. The fourth-order valence-corrected chi connectivity index (χ4v) is 2.29. The van der Waals surface area contributed by atoms with Crippen LogP contribution in [0.15, 0.2) is 30.3 Å². The third-order valence-electron chi connectivity index (χ3n) is 3.57. The van der Waals surface area contributed by atoms with Gasteiger partial charge >= 0.3 is 0 Å². The van der Waals surface area contributed by atoms with Crippen LogP contribution in [0.25, 0.3) is 0 Å². The van der Waals surface area contributed by atoms with Gasteiger partial charge in [0.1, 0.15) is 0 Å². The van der Waals surface area contributed by atoms with Crippen LogP contribution in [0.4, 0.5) is 0 Å². The van der Waals surface area contributed by atoms with E-state index in [-0.39, 0.29) is 18.5 Å². The van der Waals surface area contributed by atoms with Gasteiger partial charge in [0.05, 0.1) is 18.3 Å². The summed E-state index contributed by atoms with van der Waals surface area (Å²) in [7, 11) is 0. The minimum absolute atomic E-state index is 0. The van der Waals surface area contributed by atoms with E-state index in [1.165, 1.54) is 5.56 Å². The number of halogens is 1. The number of nitrogens with two attached hydrogens (primary N) is 1. The first-order chi connectivity index (χ1) is 8.22. The van der Waals surface area contributed by atoms with E-state index < -0.39 is 5.60 Å².